The van der Waals surface area contributed by atoms with Crippen LogP contribution in [0, 0.1) is 5.92 Å². The third-order valence-corrected chi connectivity index (χ3v) is 3.41. The standard InChI is InChI=1S/C17H28N2O/c1-13(2)12-15-6-8-16(9-7-15)14(3)18-11-10-17(20)19(4)5/h6-9,13-14,18H,10-12H2,1-5H3. The van der Waals surface area contributed by atoms with E-state index in [1.165, 1.54) is 11.1 Å². The van der Waals surface area contributed by atoms with Gasteiger partial charge in [0.05, 0.1) is 0 Å². The summed E-state index contributed by atoms with van der Waals surface area (Å²) < 4.78 is 0. The maximum Gasteiger partial charge on any atom is 0.223 e. The highest BCUT2D eigenvalue weighted by molar-refractivity contribution is 5.75. The van der Waals surface area contributed by atoms with Gasteiger partial charge in [-0.3, -0.25) is 4.79 Å². The van der Waals surface area contributed by atoms with Crippen LogP contribution in [0.15, 0.2) is 24.3 Å². The predicted octanol–water partition coefficient (Wildman–Crippen LogP) is 3.01. The number of benzene rings is 1. The summed E-state index contributed by atoms with van der Waals surface area (Å²) in [6.07, 6.45) is 1.67. The summed E-state index contributed by atoms with van der Waals surface area (Å²) in [5.74, 6) is 0.852. The third-order valence-electron chi connectivity index (χ3n) is 3.41. The molecule has 1 amide bonds. The minimum atomic E-state index is 0.164. The van der Waals surface area contributed by atoms with Crippen molar-refractivity contribution in [2.45, 2.75) is 39.7 Å². The highest BCUT2D eigenvalue weighted by Crippen LogP contribution is 2.15. The van der Waals surface area contributed by atoms with Crippen molar-refractivity contribution in [1.82, 2.24) is 10.2 Å². The van der Waals surface area contributed by atoms with Gasteiger partial charge >= 0.3 is 0 Å². The highest BCUT2D eigenvalue weighted by atomic mass is 16.2. The van der Waals surface area contributed by atoms with Crippen molar-refractivity contribution in [2.24, 2.45) is 5.92 Å². The zero-order valence-corrected chi connectivity index (χ0v) is 13.4. The number of rotatable bonds is 7. The van der Waals surface area contributed by atoms with Gasteiger partial charge in [-0.2, -0.15) is 0 Å². The van der Waals surface area contributed by atoms with Crippen LogP contribution in [0.4, 0.5) is 0 Å². The molecule has 0 saturated heterocycles. The molecule has 1 aromatic carbocycles. The van der Waals surface area contributed by atoms with Crippen LogP contribution in [0.3, 0.4) is 0 Å². The normalized spacial score (nSPS) is 12.5. The number of carbonyl (C=O) groups excluding carboxylic acids is 1. The predicted molar refractivity (Wildman–Crippen MR) is 84.7 cm³/mol. The van der Waals surface area contributed by atoms with Crippen LogP contribution in [-0.2, 0) is 11.2 Å². The van der Waals surface area contributed by atoms with Gasteiger partial charge in [-0.1, -0.05) is 38.1 Å². The average molecular weight is 276 g/mol. The lowest BCUT2D eigenvalue weighted by Gasteiger charge is -2.16. The number of carbonyl (C=O) groups is 1. The van der Waals surface area contributed by atoms with Gasteiger partial charge in [0.2, 0.25) is 5.91 Å². The first-order chi connectivity index (χ1) is 9.40. The smallest absolute Gasteiger partial charge is 0.223 e. The molecule has 0 aliphatic carbocycles. The van der Waals surface area contributed by atoms with Gasteiger partial charge in [0, 0.05) is 33.1 Å². The topological polar surface area (TPSA) is 32.3 Å². The molecule has 1 aromatic rings. The minimum absolute atomic E-state index is 0.164. The fraction of sp³-hybridized carbons (Fsp3) is 0.588. The lowest BCUT2D eigenvalue weighted by Crippen LogP contribution is -2.28. The Balaban J connectivity index is 2.43. The number of amides is 1. The molecule has 3 nitrogen and oxygen atoms in total. The van der Waals surface area contributed by atoms with E-state index in [-0.39, 0.29) is 11.9 Å². The Kier molecular flexibility index (Phi) is 6.73. The van der Waals surface area contributed by atoms with E-state index in [0.717, 1.165) is 6.42 Å². The number of hydrogen-bond acceptors (Lipinski definition) is 2. The molecular weight excluding hydrogens is 248 g/mol. The van der Waals surface area contributed by atoms with Crippen molar-refractivity contribution in [3.8, 4) is 0 Å². The van der Waals surface area contributed by atoms with Crippen LogP contribution >= 0.6 is 0 Å². The van der Waals surface area contributed by atoms with E-state index in [2.05, 4.69) is 50.4 Å². The molecule has 0 fully saturated rings. The molecule has 0 radical (unpaired) electrons. The molecule has 0 spiro atoms. The van der Waals surface area contributed by atoms with Crippen LogP contribution in [0.1, 0.15) is 44.4 Å². The van der Waals surface area contributed by atoms with Crippen LogP contribution in [0.25, 0.3) is 0 Å². The number of nitrogens with zero attached hydrogens (tertiary/aromatic N) is 1. The summed E-state index contributed by atoms with van der Waals surface area (Å²) >= 11 is 0. The van der Waals surface area contributed by atoms with E-state index in [4.69, 9.17) is 0 Å². The molecule has 20 heavy (non-hydrogen) atoms. The molecule has 1 N–H and O–H groups in total. The summed E-state index contributed by atoms with van der Waals surface area (Å²) in [5.41, 5.74) is 2.66. The molecule has 112 valence electrons. The molecule has 0 saturated carbocycles. The van der Waals surface area contributed by atoms with E-state index in [0.29, 0.717) is 18.9 Å². The Morgan fingerprint density at radius 1 is 1.15 bits per heavy atom. The van der Waals surface area contributed by atoms with Gasteiger partial charge in [0.25, 0.3) is 0 Å². The lowest BCUT2D eigenvalue weighted by molar-refractivity contribution is -0.128. The van der Waals surface area contributed by atoms with Gasteiger partial charge in [-0.15, -0.1) is 0 Å². The Morgan fingerprint density at radius 2 is 1.75 bits per heavy atom. The maximum atomic E-state index is 11.5. The second-order valence-corrected chi connectivity index (χ2v) is 6.05. The van der Waals surface area contributed by atoms with Crippen LogP contribution in [0.2, 0.25) is 0 Å². The van der Waals surface area contributed by atoms with Gasteiger partial charge in [0.15, 0.2) is 0 Å². The van der Waals surface area contributed by atoms with Crippen molar-refractivity contribution >= 4 is 5.91 Å². The fourth-order valence-electron chi connectivity index (χ4n) is 2.15. The van der Waals surface area contributed by atoms with E-state index in [1.807, 2.05) is 0 Å². The molecule has 1 atom stereocenters. The van der Waals surface area contributed by atoms with Crippen LogP contribution < -0.4 is 5.32 Å². The van der Waals surface area contributed by atoms with Crippen LogP contribution in [-0.4, -0.2) is 31.4 Å². The van der Waals surface area contributed by atoms with Gasteiger partial charge in [0.1, 0.15) is 0 Å². The van der Waals surface area contributed by atoms with Gasteiger partial charge < -0.3 is 10.2 Å². The zero-order valence-electron chi connectivity index (χ0n) is 13.4. The second-order valence-electron chi connectivity index (χ2n) is 6.05. The van der Waals surface area contributed by atoms with E-state index in [9.17, 15) is 4.79 Å². The molecule has 3 heteroatoms. The van der Waals surface area contributed by atoms with Crippen molar-refractivity contribution in [3.05, 3.63) is 35.4 Å². The Labute approximate surface area is 123 Å². The molecule has 1 rings (SSSR count). The second kappa shape index (κ2) is 8.05. The Bertz CT molecular complexity index is 410. The average Bonchev–Trinajstić information content (AvgIpc) is 2.38. The van der Waals surface area contributed by atoms with Crippen LogP contribution in [0.5, 0.6) is 0 Å². The van der Waals surface area contributed by atoms with Gasteiger partial charge in [-0.05, 0) is 30.4 Å². The SMILES string of the molecule is CC(C)Cc1ccc(C(C)NCCC(=O)N(C)C)cc1. The quantitative estimate of drug-likeness (QED) is 0.830. The summed E-state index contributed by atoms with van der Waals surface area (Å²) in [7, 11) is 3.58. The van der Waals surface area contributed by atoms with Crippen molar-refractivity contribution in [3.63, 3.8) is 0 Å². The summed E-state index contributed by atoms with van der Waals surface area (Å²) in [4.78, 5) is 13.1. The third kappa shape index (κ3) is 5.74. The first-order valence-corrected chi connectivity index (χ1v) is 7.42. The molecule has 0 aromatic heterocycles. The highest BCUT2D eigenvalue weighted by Gasteiger charge is 2.07. The van der Waals surface area contributed by atoms with Crippen molar-refractivity contribution < 1.29 is 4.79 Å². The number of hydrogen-bond donors (Lipinski definition) is 1. The number of nitrogens with one attached hydrogen (secondary N) is 1. The monoisotopic (exact) mass is 276 g/mol. The van der Waals surface area contributed by atoms with Crippen molar-refractivity contribution in [2.75, 3.05) is 20.6 Å². The van der Waals surface area contributed by atoms with Gasteiger partial charge in [-0.25, -0.2) is 0 Å². The fourth-order valence-corrected chi connectivity index (χ4v) is 2.15. The molecule has 0 heterocycles. The summed E-state index contributed by atoms with van der Waals surface area (Å²) in [6, 6.07) is 9.06. The zero-order chi connectivity index (χ0) is 15.1. The maximum absolute atomic E-state index is 11.5. The molecular formula is C17H28N2O. The summed E-state index contributed by atoms with van der Waals surface area (Å²) in [5, 5.41) is 3.40. The first kappa shape index (κ1) is 16.7. The summed E-state index contributed by atoms with van der Waals surface area (Å²) in [6.45, 7) is 7.32. The lowest BCUT2D eigenvalue weighted by atomic mass is 10.00. The molecule has 0 aliphatic rings. The first-order valence-electron chi connectivity index (χ1n) is 7.42. The van der Waals surface area contributed by atoms with E-state index < -0.39 is 0 Å². The van der Waals surface area contributed by atoms with E-state index in [1.54, 1.807) is 19.0 Å². The van der Waals surface area contributed by atoms with E-state index >= 15 is 0 Å². The van der Waals surface area contributed by atoms with Crippen molar-refractivity contribution in [1.29, 1.82) is 0 Å². The molecule has 1 unspecified atom stereocenters. The molecule has 0 bridgehead atoms. The minimum Gasteiger partial charge on any atom is -0.349 e. The Morgan fingerprint density at radius 3 is 2.25 bits per heavy atom. The Hall–Kier alpha value is -1.35. The molecule has 0 aliphatic heterocycles. The largest absolute Gasteiger partial charge is 0.349 e.